The Morgan fingerprint density at radius 2 is 1.79 bits per heavy atom. The summed E-state index contributed by atoms with van der Waals surface area (Å²) in [7, 11) is 1.58. The number of hydrogen-bond donors (Lipinski definition) is 1. The van der Waals surface area contributed by atoms with Crippen molar-refractivity contribution in [2.24, 2.45) is 11.1 Å². The monoisotopic (exact) mass is 301 g/mol. The Kier molecular flexibility index (Phi) is 4.65. The Bertz CT molecular complexity index is 456. The van der Waals surface area contributed by atoms with E-state index < -0.39 is 0 Å². The minimum atomic E-state index is -0.0799. The van der Waals surface area contributed by atoms with Gasteiger partial charge in [0.2, 0.25) is 0 Å². The van der Waals surface area contributed by atoms with Crippen LogP contribution in [0, 0.1) is 5.41 Å². The van der Waals surface area contributed by atoms with E-state index in [0.29, 0.717) is 15.8 Å². The first-order valence-electron chi connectivity index (χ1n) is 6.76. The molecule has 0 saturated heterocycles. The van der Waals surface area contributed by atoms with Crippen molar-refractivity contribution in [3.05, 3.63) is 27.7 Å². The summed E-state index contributed by atoms with van der Waals surface area (Å²) in [5.41, 5.74) is 7.52. The van der Waals surface area contributed by atoms with E-state index in [1.54, 1.807) is 13.2 Å². The van der Waals surface area contributed by atoms with Crippen molar-refractivity contribution in [1.29, 1.82) is 0 Å². The van der Waals surface area contributed by atoms with Gasteiger partial charge in [0.15, 0.2) is 0 Å². The van der Waals surface area contributed by atoms with E-state index in [2.05, 4.69) is 6.92 Å². The Morgan fingerprint density at radius 3 is 2.37 bits per heavy atom. The fourth-order valence-corrected chi connectivity index (χ4v) is 3.51. The van der Waals surface area contributed by atoms with Crippen molar-refractivity contribution in [3.8, 4) is 5.75 Å². The van der Waals surface area contributed by atoms with Crippen LogP contribution in [0.2, 0.25) is 10.0 Å². The van der Waals surface area contributed by atoms with Gasteiger partial charge in [-0.05, 0) is 29.9 Å². The second-order valence-corrected chi connectivity index (χ2v) is 6.52. The third-order valence-corrected chi connectivity index (χ3v) is 4.98. The van der Waals surface area contributed by atoms with Crippen molar-refractivity contribution < 1.29 is 4.74 Å². The summed E-state index contributed by atoms with van der Waals surface area (Å²) in [6.07, 6.45) is 6.08. The van der Waals surface area contributed by atoms with E-state index in [-0.39, 0.29) is 11.5 Å². The molecule has 0 radical (unpaired) electrons. The van der Waals surface area contributed by atoms with E-state index in [4.69, 9.17) is 33.7 Å². The summed E-state index contributed by atoms with van der Waals surface area (Å²) in [4.78, 5) is 0. The van der Waals surface area contributed by atoms with Crippen LogP contribution in [0.15, 0.2) is 12.1 Å². The van der Waals surface area contributed by atoms with Gasteiger partial charge in [-0.2, -0.15) is 0 Å². The standard InChI is InChI=1S/C15H21Cl2NO/c1-15(6-4-3-5-7-15)14(18)10-8-12(17)13(19-2)9-11(10)16/h8-9,14H,3-7,18H2,1-2H3. The van der Waals surface area contributed by atoms with E-state index in [0.717, 1.165) is 18.4 Å². The zero-order chi connectivity index (χ0) is 14.0. The van der Waals surface area contributed by atoms with Crippen LogP contribution in [0.5, 0.6) is 5.75 Å². The topological polar surface area (TPSA) is 35.2 Å². The molecule has 0 spiro atoms. The Balaban J connectivity index is 2.33. The predicted molar refractivity (Wildman–Crippen MR) is 81.1 cm³/mol. The maximum absolute atomic E-state index is 6.48. The van der Waals surface area contributed by atoms with Gasteiger partial charge in [0.05, 0.1) is 12.1 Å². The van der Waals surface area contributed by atoms with Crippen LogP contribution in [0.4, 0.5) is 0 Å². The van der Waals surface area contributed by atoms with Gasteiger partial charge in [0.1, 0.15) is 5.75 Å². The summed E-state index contributed by atoms with van der Waals surface area (Å²) in [5, 5.41) is 1.21. The normalized spacial score (nSPS) is 20.1. The zero-order valence-electron chi connectivity index (χ0n) is 11.5. The molecular formula is C15H21Cl2NO. The second kappa shape index (κ2) is 5.90. The molecule has 106 valence electrons. The molecule has 1 saturated carbocycles. The quantitative estimate of drug-likeness (QED) is 0.855. The molecule has 19 heavy (non-hydrogen) atoms. The lowest BCUT2D eigenvalue weighted by Gasteiger charge is -2.39. The fourth-order valence-electron chi connectivity index (χ4n) is 2.98. The molecule has 1 unspecified atom stereocenters. The molecule has 0 bridgehead atoms. The minimum absolute atomic E-state index is 0.0799. The minimum Gasteiger partial charge on any atom is -0.495 e. The Labute approximate surface area is 125 Å². The van der Waals surface area contributed by atoms with Crippen molar-refractivity contribution >= 4 is 23.2 Å². The first kappa shape index (κ1) is 15.0. The lowest BCUT2D eigenvalue weighted by atomic mass is 9.69. The van der Waals surface area contributed by atoms with Gasteiger partial charge in [-0.1, -0.05) is 49.4 Å². The number of methoxy groups -OCH3 is 1. The van der Waals surface area contributed by atoms with E-state index in [1.807, 2.05) is 6.07 Å². The average molecular weight is 302 g/mol. The smallest absolute Gasteiger partial charge is 0.138 e. The van der Waals surface area contributed by atoms with Crippen molar-refractivity contribution in [2.45, 2.75) is 45.1 Å². The van der Waals surface area contributed by atoms with Gasteiger partial charge in [0, 0.05) is 17.1 Å². The first-order valence-corrected chi connectivity index (χ1v) is 7.52. The molecule has 1 aromatic rings. The maximum atomic E-state index is 6.48. The molecule has 0 aliphatic heterocycles. The summed E-state index contributed by atoms with van der Waals surface area (Å²) in [6.45, 7) is 2.26. The SMILES string of the molecule is COc1cc(Cl)c(C(N)C2(C)CCCCC2)cc1Cl. The van der Waals surface area contributed by atoms with Gasteiger partial charge < -0.3 is 10.5 Å². The van der Waals surface area contributed by atoms with Crippen LogP contribution in [-0.4, -0.2) is 7.11 Å². The molecule has 1 aliphatic carbocycles. The second-order valence-electron chi connectivity index (χ2n) is 5.70. The molecule has 1 atom stereocenters. The van der Waals surface area contributed by atoms with Gasteiger partial charge in [-0.15, -0.1) is 0 Å². The number of nitrogens with two attached hydrogens (primary N) is 1. The highest BCUT2D eigenvalue weighted by Gasteiger charge is 2.35. The molecule has 0 aromatic heterocycles. The van der Waals surface area contributed by atoms with Crippen molar-refractivity contribution in [3.63, 3.8) is 0 Å². The number of benzene rings is 1. The Morgan fingerprint density at radius 1 is 1.16 bits per heavy atom. The lowest BCUT2D eigenvalue weighted by Crippen LogP contribution is -2.34. The third kappa shape index (κ3) is 3.01. The summed E-state index contributed by atoms with van der Waals surface area (Å²) >= 11 is 12.5. The summed E-state index contributed by atoms with van der Waals surface area (Å²) in [6, 6.07) is 3.53. The predicted octanol–water partition coefficient (Wildman–Crippen LogP) is 4.97. The van der Waals surface area contributed by atoms with E-state index >= 15 is 0 Å². The van der Waals surface area contributed by atoms with Gasteiger partial charge in [-0.3, -0.25) is 0 Å². The summed E-state index contributed by atoms with van der Waals surface area (Å²) in [5.74, 6) is 0.594. The molecule has 2 rings (SSSR count). The van der Waals surface area contributed by atoms with Crippen LogP contribution < -0.4 is 10.5 Å². The fraction of sp³-hybridized carbons (Fsp3) is 0.600. The number of hydrogen-bond acceptors (Lipinski definition) is 2. The number of rotatable bonds is 3. The van der Waals surface area contributed by atoms with Crippen LogP contribution >= 0.6 is 23.2 Å². The largest absolute Gasteiger partial charge is 0.495 e. The van der Waals surface area contributed by atoms with Crippen LogP contribution in [-0.2, 0) is 0 Å². The molecule has 2 N–H and O–H groups in total. The third-order valence-electron chi connectivity index (χ3n) is 4.35. The van der Waals surface area contributed by atoms with Crippen molar-refractivity contribution in [2.75, 3.05) is 7.11 Å². The molecule has 4 heteroatoms. The molecule has 1 aromatic carbocycles. The number of halogens is 2. The van der Waals surface area contributed by atoms with E-state index in [9.17, 15) is 0 Å². The molecule has 0 heterocycles. The number of ether oxygens (including phenoxy) is 1. The van der Waals surface area contributed by atoms with Crippen LogP contribution in [0.1, 0.15) is 50.6 Å². The van der Waals surface area contributed by atoms with Crippen LogP contribution in [0.25, 0.3) is 0 Å². The average Bonchev–Trinajstić information content (AvgIpc) is 2.41. The van der Waals surface area contributed by atoms with E-state index in [1.165, 1.54) is 19.3 Å². The lowest BCUT2D eigenvalue weighted by molar-refractivity contribution is 0.170. The molecule has 0 amide bonds. The first-order chi connectivity index (χ1) is 8.98. The molecular weight excluding hydrogens is 281 g/mol. The zero-order valence-corrected chi connectivity index (χ0v) is 13.0. The van der Waals surface area contributed by atoms with Gasteiger partial charge >= 0.3 is 0 Å². The molecule has 1 aliphatic rings. The van der Waals surface area contributed by atoms with Crippen LogP contribution in [0.3, 0.4) is 0 Å². The highest BCUT2D eigenvalue weighted by molar-refractivity contribution is 6.34. The molecule has 1 fully saturated rings. The van der Waals surface area contributed by atoms with Crippen molar-refractivity contribution in [1.82, 2.24) is 0 Å². The maximum Gasteiger partial charge on any atom is 0.138 e. The summed E-state index contributed by atoms with van der Waals surface area (Å²) < 4.78 is 5.17. The Hall–Kier alpha value is -0.440. The highest BCUT2D eigenvalue weighted by Crippen LogP contribution is 2.47. The molecule has 2 nitrogen and oxygen atoms in total. The van der Waals surface area contributed by atoms with Gasteiger partial charge in [-0.25, -0.2) is 0 Å². The van der Waals surface area contributed by atoms with Gasteiger partial charge in [0.25, 0.3) is 0 Å². The highest BCUT2D eigenvalue weighted by atomic mass is 35.5.